The van der Waals surface area contributed by atoms with E-state index in [1.165, 1.54) is 27.6 Å². The minimum Gasteiger partial charge on any atom is -0.330 e. The summed E-state index contributed by atoms with van der Waals surface area (Å²) in [6, 6.07) is 6.69. The van der Waals surface area contributed by atoms with Gasteiger partial charge in [-0.1, -0.05) is 12.1 Å². The first-order chi connectivity index (χ1) is 7.33. The van der Waals surface area contributed by atoms with Crippen LogP contribution in [0.25, 0.3) is 10.1 Å². The molecule has 1 aromatic carbocycles. The molecule has 0 bridgehead atoms. The summed E-state index contributed by atoms with van der Waals surface area (Å²) in [7, 11) is 0. The highest BCUT2D eigenvalue weighted by molar-refractivity contribution is 7.17. The maximum atomic E-state index is 5.51. The van der Waals surface area contributed by atoms with E-state index in [4.69, 9.17) is 5.73 Å². The number of unbranched alkanes of at least 4 members (excludes halogenated alkanes) is 1. The molecule has 80 valence electrons. The Morgan fingerprint density at radius 2 is 2.07 bits per heavy atom. The zero-order valence-corrected chi connectivity index (χ0v) is 9.94. The van der Waals surface area contributed by atoms with Crippen molar-refractivity contribution in [2.75, 3.05) is 6.54 Å². The third kappa shape index (κ3) is 2.21. The maximum Gasteiger partial charge on any atom is 0.0374 e. The van der Waals surface area contributed by atoms with Crippen LogP contribution in [0.15, 0.2) is 23.6 Å². The number of hydrogen-bond donors (Lipinski definition) is 1. The molecule has 15 heavy (non-hydrogen) atoms. The molecule has 1 nitrogen and oxygen atoms in total. The first kappa shape index (κ1) is 10.7. The van der Waals surface area contributed by atoms with Gasteiger partial charge in [-0.2, -0.15) is 0 Å². The van der Waals surface area contributed by atoms with Crippen molar-refractivity contribution in [2.45, 2.75) is 26.2 Å². The molecule has 0 spiro atoms. The first-order valence-electron chi connectivity index (χ1n) is 5.48. The smallest absolute Gasteiger partial charge is 0.0374 e. The van der Waals surface area contributed by atoms with E-state index in [1.807, 2.05) is 11.3 Å². The summed E-state index contributed by atoms with van der Waals surface area (Å²) >= 11 is 1.84. The summed E-state index contributed by atoms with van der Waals surface area (Å²) in [6.07, 6.45) is 3.49. The second-order valence-corrected chi connectivity index (χ2v) is 4.85. The van der Waals surface area contributed by atoms with Crippen molar-refractivity contribution in [3.63, 3.8) is 0 Å². The van der Waals surface area contributed by atoms with Gasteiger partial charge in [0.2, 0.25) is 0 Å². The van der Waals surface area contributed by atoms with E-state index in [2.05, 4.69) is 30.5 Å². The Hall–Kier alpha value is -0.860. The Kier molecular flexibility index (Phi) is 3.39. The van der Waals surface area contributed by atoms with Crippen LogP contribution < -0.4 is 5.73 Å². The summed E-state index contributed by atoms with van der Waals surface area (Å²) in [6.45, 7) is 3.04. The molecule has 1 aromatic heterocycles. The Balaban J connectivity index is 2.23. The Labute approximate surface area is 94.9 Å². The van der Waals surface area contributed by atoms with Crippen LogP contribution in [0.2, 0.25) is 0 Å². The molecule has 0 saturated heterocycles. The number of thiophene rings is 1. The van der Waals surface area contributed by atoms with Gasteiger partial charge < -0.3 is 5.73 Å². The minimum absolute atomic E-state index is 0.806. The second kappa shape index (κ2) is 4.77. The average molecular weight is 219 g/mol. The number of aryl methyl sites for hydroxylation is 2. The lowest BCUT2D eigenvalue weighted by Gasteiger charge is -2.06. The van der Waals surface area contributed by atoms with E-state index in [9.17, 15) is 0 Å². The lowest BCUT2D eigenvalue weighted by atomic mass is 10.0. The summed E-state index contributed by atoms with van der Waals surface area (Å²) < 4.78 is 1.44. The molecule has 2 heteroatoms. The van der Waals surface area contributed by atoms with E-state index in [0.29, 0.717) is 0 Å². The third-order valence-electron chi connectivity index (χ3n) is 2.88. The van der Waals surface area contributed by atoms with Crippen LogP contribution in [0.5, 0.6) is 0 Å². The molecule has 0 radical (unpaired) electrons. The molecular weight excluding hydrogens is 202 g/mol. The van der Waals surface area contributed by atoms with E-state index < -0.39 is 0 Å². The van der Waals surface area contributed by atoms with E-state index >= 15 is 0 Å². The van der Waals surface area contributed by atoms with Crippen molar-refractivity contribution in [1.29, 1.82) is 0 Å². The number of fused-ring (bicyclic) bond motifs is 1. The molecule has 0 fully saturated rings. The van der Waals surface area contributed by atoms with Gasteiger partial charge in [-0.3, -0.25) is 0 Å². The molecule has 0 unspecified atom stereocenters. The van der Waals surface area contributed by atoms with E-state index in [1.54, 1.807) is 0 Å². The van der Waals surface area contributed by atoms with E-state index in [0.717, 1.165) is 19.4 Å². The van der Waals surface area contributed by atoms with Crippen LogP contribution in [-0.4, -0.2) is 6.54 Å². The average Bonchev–Trinajstić information content (AvgIpc) is 2.70. The first-order valence-corrected chi connectivity index (χ1v) is 6.36. The summed E-state index contributed by atoms with van der Waals surface area (Å²) in [5.74, 6) is 0. The van der Waals surface area contributed by atoms with Gasteiger partial charge in [0.1, 0.15) is 0 Å². The van der Waals surface area contributed by atoms with Gasteiger partial charge >= 0.3 is 0 Å². The fourth-order valence-corrected chi connectivity index (χ4v) is 2.88. The zero-order chi connectivity index (χ0) is 10.7. The van der Waals surface area contributed by atoms with Gasteiger partial charge in [0.05, 0.1) is 0 Å². The van der Waals surface area contributed by atoms with Crippen LogP contribution in [0.4, 0.5) is 0 Å². The van der Waals surface area contributed by atoms with Gasteiger partial charge in [-0.25, -0.2) is 0 Å². The van der Waals surface area contributed by atoms with Crippen molar-refractivity contribution in [1.82, 2.24) is 0 Å². The normalized spacial score (nSPS) is 11.1. The molecule has 2 aromatic rings. The minimum atomic E-state index is 0.806. The fraction of sp³-hybridized carbons (Fsp3) is 0.385. The van der Waals surface area contributed by atoms with Gasteiger partial charge in [0.15, 0.2) is 0 Å². The molecule has 0 aliphatic carbocycles. The number of benzene rings is 1. The van der Waals surface area contributed by atoms with Crippen molar-refractivity contribution in [3.8, 4) is 0 Å². The number of nitrogens with two attached hydrogens (primary N) is 1. The lowest BCUT2D eigenvalue weighted by Crippen LogP contribution is -1.99. The fourth-order valence-electron chi connectivity index (χ4n) is 1.95. The molecular formula is C13H17NS. The number of hydrogen-bond acceptors (Lipinski definition) is 2. The Morgan fingerprint density at radius 1 is 1.20 bits per heavy atom. The highest BCUT2D eigenvalue weighted by Crippen LogP contribution is 2.27. The summed E-state index contributed by atoms with van der Waals surface area (Å²) in [5, 5.41) is 3.54. The summed E-state index contributed by atoms with van der Waals surface area (Å²) in [4.78, 5) is 0. The standard InChI is InChI=1S/C13H17NS/c1-10-11(4-2-3-8-14)5-6-12-7-9-15-13(10)12/h5-7,9H,2-4,8,14H2,1H3. The van der Waals surface area contributed by atoms with Crippen molar-refractivity contribution < 1.29 is 0 Å². The predicted molar refractivity (Wildman–Crippen MR) is 68.6 cm³/mol. The molecule has 0 aliphatic rings. The molecule has 2 N–H and O–H groups in total. The number of rotatable bonds is 4. The quantitative estimate of drug-likeness (QED) is 0.783. The van der Waals surface area contributed by atoms with Crippen LogP contribution in [0.1, 0.15) is 24.0 Å². The van der Waals surface area contributed by atoms with Gasteiger partial charge in [-0.05, 0) is 60.7 Å². The van der Waals surface area contributed by atoms with Crippen molar-refractivity contribution in [2.24, 2.45) is 5.73 Å². The molecule has 2 rings (SSSR count). The molecule has 0 atom stereocenters. The van der Waals surface area contributed by atoms with Crippen LogP contribution in [-0.2, 0) is 6.42 Å². The Bertz CT molecular complexity index is 445. The maximum absolute atomic E-state index is 5.51. The largest absolute Gasteiger partial charge is 0.330 e. The van der Waals surface area contributed by atoms with Gasteiger partial charge in [-0.15, -0.1) is 11.3 Å². The predicted octanol–water partition coefficient (Wildman–Crippen LogP) is 3.49. The zero-order valence-electron chi connectivity index (χ0n) is 9.12. The van der Waals surface area contributed by atoms with E-state index in [-0.39, 0.29) is 0 Å². The highest BCUT2D eigenvalue weighted by Gasteiger charge is 2.03. The van der Waals surface area contributed by atoms with Crippen molar-refractivity contribution >= 4 is 21.4 Å². The topological polar surface area (TPSA) is 26.0 Å². The second-order valence-electron chi connectivity index (χ2n) is 3.93. The van der Waals surface area contributed by atoms with Crippen LogP contribution in [0.3, 0.4) is 0 Å². The lowest BCUT2D eigenvalue weighted by molar-refractivity contribution is 0.743. The summed E-state index contributed by atoms with van der Waals surface area (Å²) in [5.41, 5.74) is 8.45. The van der Waals surface area contributed by atoms with Crippen LogP contribution >= 0.6 is 11.3 Å². The van der Waals surface area contributed by atoms with Crippen molar-refractivity contribution in [3.05, 3.63) is 34.7 Å². The molecule has 0 amide bonds. The van der Waals surface area contributed by atoms with Gasteiger partial charge in [0.25, 0.3) is 0 Å². The molecule has 0 saturated carbocycles. The highest BCUT2D eigenvalue weighted by atomic mass is 32.1. The third-order valence-corrected chi connectivity index (χ3v) is 3.93. The van der Waals surface area contributed by atoms with Crippen LogP contribution in [0, 0.1) is 6.92 Å². The molecule has 0 aliphatic heterocycles. The molecule has 1 heterocycles. The van der Waals surface area contributed by atoms with Gasteiger partial charge in [0, 0.05) is 4.70 Å². The Morgan fingerprint density at radius 3 is 2.87 bits per heavy atom. The monoisotopic (exact) mass is 219 g/mol. The SMILES string of the molecule is Cc1c(CCCCN)ccc2ccsc12.